The maximum absolute atomic E-state index is 11.9. The predicted molar refractivity (Wildman–Crippen MR) is 92.7 cm³/mol. The fourth-order valence-electron chi connectivity index (χ4n) is 2.23. The lowest BCUT2D eigenvalue weighted by Gasteiger charge is -2.34. The van der Waals surface area contributed by atoms with Gasteiger partial charge in [0.2, 0.25) is 0 Å². The number of halogens is 2. The van der Waals surface area contributed by atoms with Crippen LogP contribution in [0.5, 0.6) is 0 Å². The first-order chi connectivity index (χ1) is 10.5. The molecule has 0 saturated carbocycles. The van der Waals surface area contributed by atoms with Crippen LogP contribution in [0.4, 0.5) is 4.79 Å². The summed E-state index contributed by atoms with van der Waals surface area (Å²) in [6.45, 7) is 8.49. The van der Waals surface area contributed by atoms with E-state index in [-0.39, 0.29) is 6.09 Å². The maximum Gasteiger partial charge on any atom is 0.409 e. The van der Waals surface area contributed by atoms with Gasteiger partial charge in [0.15, 0.2) is 0 Å². The Morgan fingerprint density at radius 2 is 1.82 bits per heavy atom. The minimum atomic E-state index is -0.195. The summed E-state index contributed by atoms with van der Waals surface area (Å²) in [5.74, 6) is 0.367. The smallest absolute Gasteiger partial charge is 0.409 e. The molecule has 0 atom stereocenters. The van der Waals surface area contributed by atoms with Crippen molar-refractivity contribution in [3.8, 4) is 0 Å². The summed E-state index contributed by atoms with van der Waals surface area (Å²) in [6.07, 6.45) is 3.42. The van der Waals surface area contributed by atoms with Gasteiger partial charge in [-0.2, -0.15) is 0 Å². The summed E-state index contributed by atoms with van der Waals surface area (Å²) < 4.78 is 7.28. The van der Waals surface area contributed by atoms with Gasteiger partial charge in [0.05, 0.1) is 6.61 Å². The molecule has 0 unspecified atom stereocenters. The van der Waals surface area contributed by atoms with Crippen molar-refractivity contribution < 1.29 is 9.53 Å². The minimum Gasteiger partial charge on any atom is -0.449 e. The lowest BCUT2D eigenvalue weighted by molar-refractivity contribution is 0.0675. The fraction of sp³-hybridized carbons (Fsp3) is 0.600. The first-order valence-corrected chi connectivity index (χ1v) is 8.98. The number of aromatic nitrogens is 1. The second-order valence-corrected chi connectivity index (χ2v) is 7.52. The Morgan fingerprint density at radius 1 is 1.23 bits per heavy atom. The third-order valence-electron chi connectivity index (χ3n) is 3.50. The van der Waals surface area contributed by atoms with Gasteiger partial charge in [0, 0.05) is 54.1 Å². The fourth-order valence-corrected chi connectivity index (χ4v) is 3.41. The Morgan fingerprint density at radius 3 is 2.36 bits per heavy atom. The van der Waals surface area contributed by atoms with Crippen molar-refractivity contribution in [2.45, 2.75) is 20.4 Å². The van der Waals surface area contributed by atoms with Gasteiger partial charge in [0.25, 0.3) is 0 Å². The molecule has 1 amide bonds. The number of nitrogens with zero attached hydrogens (tertiary/aromatic N) is 3. The number of hydrogen-bond donors (Lipinski definition) is 0. The molecule has 1 fully saturated rings. The van der Waals surface area contributed by atoms with Crippen molar-refractivity contribution in [1.82, 2.24) is 14.8 Å². The average Bonchev–Trinajstić information content (AvgIpc) is 2.49. The summed E-state index contributed by atoms with van der Waals surface area (Å²) in [6, 6.07) is 0. The molecule has 122 valence electrons. The van der Waals surface area contributed by atoms with Crippen LogP contribution in [0.15, 0.2) is 21.3 Å². The van der Waals surface area contributed by atoms with E-state index in [0.29, 0.717) is 25.6 Å². The molecule has 0 bridgehead atoms. The Hall–Kier alpha value is -0.660. The van der Waals surface area contributed by atoms with Gasteiger partial charge in [-0.3, -0.25) is 9.88 Å². The van der Waals surface area contributed by atoms with Crippen molar-refractivity contribution in [1.29, 1.82) is 0 Å². The molecule has 0 N–H and O–H groups in total. The molecule has 7 heteroatoms. The molecule has 0 radical (unpaired) electrons. The van der Waals surface area contributed by atoms with E-state index in [1.54, 1.807) is 17.3 Å². The van der Waals surface area contributed by atoms with Crippen LogP contribution in [-0.4, -0.2) is 53.7 Å². The van der Waals surface area contributed by atoms with E-state index >= 15 is 0 Å². The highest BCUT2D eigenvalue weighted by atomic mass is 79.9. The van der Waals surface area contributed by atoms with E-state index in [1.165, 1.54) is 5.56 Å². The van der Waals surface area contributed by atoms with Crippen molar-refractivity contribution in [2.75, 3.05) is 32.8 Å². The number of hydrogen-bond acceptors (Lipinski definition) is 4. The molecular weight excluding hydrogens is 414 g/mol. The summed E-state index contributed by atoms with van der Waals surface area (Å²) in [7, 11) is 0. The van der Waals surface area contributed by atoms with Gasteiger partial charge >= 0.3 is 6.09 Å². The molecule has 1 aliphatic heterocycles. The van der Waals surface area contributed by atoms with E-state index in [2.05, 4.69) is 41.7 Å². The zero-order valence-electron chi connectivity index (χ0n) is 12.9. The lowest BCUT2D eigenvalue weighted by atomic mass is 10.2. The zero-order valence-corrected chi connectivity index (χ0v) is 16.1. The average molecular weight is 435 g/mol. The van der Waals surface area contributed by atoms with Crippen LogP contribution in [-0.2, 0) is 11.3 Å². The maximum atomic E-state index is 11.9. The van der Waals surface area contributed by atoms with Crippen LogP contribution < -0.4 is 0 Å². The van der Waals surface area contributed by atoms with Gasteiger partial charge in [0.1, 0.15) is 0 Å². The zero-order chi connectivity index (χ0) is 16.1. The van der Waals surface area contributed by atoms with Crippen LogP contribution >= 0.6 is 31.9 Å². The molecule has 1 saturated heterocycles. The van der Waals surface area contributed by atoms with Crippen LogP contribution in [0, 0.1) is 5.92 Å². The Kier molecular flexibility index (Phi) is 6.65. The van der Waals surface area contributed by atoms with E-state index < -0.39 is 0 Å². The van der Waals surface area contributed by atoms with Crippen LogP contribution in [0.25, 0.3) is 0 Å². The number of carbonyl (C=O) groups is 1. The van der Waals surface area contributed by atoms with Crippen molar-refractivity contribution in [2.24, 2.45) is 5.92 Å². The molecule has 1 aliphatic rings. The Labute approximate surface area is 148 Å². The van der Waals surface area contributed by atoms with Crippen LogP contribution in [0.1, 0.15) is 19.4 Å². The summed E-state index contributed by atoms with van der Waals surface area (Å²) in [5.41, 5.74) is 1.19. The standard InChI is InChI=1S/C15H21Br2N3O2/c1-11(2)10-22-15(21)20-5-3-19(4-6-20)9-12-13(16)7-18-8-14(12)17/h7-8,11H,3-6,9-10H2,1-2H3. The molecule has 22 heavy (non-hydrogen) atoms. The minimum absolute atomic E-state index is 0.195. The van der Waals surface area contributed by atoms with Crippen molar-refractivity contribution in [3.05, 3.63) is 26.9 Å². The summed E-state index contributed by atoms with van der Waals surface area (Å²) in [5, 5.41) is 0. The van der Waals surface area contributed by atoms with Gasteiger partial charge in [-0.25, -0.2) is 4.79 Å². The van der Waals surface area contributed by atoms with Crippen molar-refractivity contribution >= 4 is 38.0 Å². The lowest BCUT2D eigenvalue weighted by Crippen LogP contribution is -2.48. The third kappa shape index (κ3) is 4.93. The topological polar surface area (TPSA) is 45.7 Å². The van der Waals surface area contributed by atoms with E-state index in [9.17, 15) is 4.79 Å². The number of ether oxygens (including phenoxy) is 1. The number of carbonyl (C=O) groups excluding carboxylic acids is 1. The highest BCUT2D eigenvalue weighted by Gasteiger charge is 2.23. The number of amides is 1. The number of pyridine rings is 1. The van der Waals surface area contributed by atoms with E-state index in [1.807, 2.05) is 13.8 Å². The highest BCUT2D eigenvalue weighted by Crippen LogP contribution is 2.25. The summed E-state index contributed by atoms with van der Waals surface area (Å²) >= 11 is 7.08. The Bertz CT molecular complexity index is 497. The first-order valence-electron chi connectivity index (χ1n) is 7.39. The molecule has 2 rings (SSSR count). The monoisotopic (exact) mass is 433 g/mol. The SMILES string of the molecule is CC(C)COC(=O)N1CCN(Cc2c(Br)cncc2Br)CC1. The van der Waals surface area contributed by atoms with E-state index in [0.717, 1.165) is 28.6 Å². The second kappa shape index (κ2) is 8.26. The normalized spacial score (nSPS) is 16.1. The number of piperazine rings is 1. The quantitative estimate of drug-likeness (QED) is 0.727. The van der Waals surface area contributed by atoms with Gasteiger partial charge in [-0.05, 0) is 43.3 Å². The largest absolute Gasteiger partial charge is 0.449 e. The number of rotatable bonds is 4. The van der Waals surface area contributed by atoms with E-state index in [4.69, 9.17) is 4.74 Å². The molecule has 2 heterocycles. The highest BCUT2D eigenvalue weighted by molar-refractivity contribution is 9.11. The molecule has 5 nitrogen and oxygen atoms in total. The molecule has 0 aromatic carbocycles. The molecular formula is C15H21Br2N3O2. The summed E-state index contributed by atoms with van der Waals surface area (Å²) in [4.78, 5) is 20.2. The van der Waals surface area contributed by atoms with Crippen LogP contribution in [0.2, 0.25) is 0 Å². The molecule has 1 aromatic heterocycles. The van der Waals surface area contributed by atoms with Crippen molar-refractivity contribution in [3.63, 3.8) is 0 Å². The first kappa shape index (κ1) is 17.7. The van der Waals surface area contributed by atoms with Gasteiger partial charge < -0.3 is 9.64 Å². The Balaban J connectivity index is 1.83. The second-order valence-electron chi connectivity index (χ2n) is 5.82. The molecule has 0 spiro atoms. The van der Waals surface area contributed by atoms with Crippen LogP contribution in [0.3, 0.4) is 0 Å². The van der Waals surface area contributed by atoms with Gasteiger partial charge in [-0.1, -0.05) is 13.8 Å². The predicted octanol–water partition coefficient (Wildman–Crippen LogP) is 3.52. The van der Waals surface area contributed by atoms with Gasteiger partial charge in [-0.15, -0.1) is 0 Å². The molecule has 1 aromatic rings. The molecule has 0 aliphatic carbocycles. The third-order valence-corrected chi connectivity index (χ3v) is 4.87.